The Kier molecular flexibility index (Phi) is 4.37. The van der Waals surface area contributed by atoms with Crippen molar-refractivity contribution in [2.45, 2.75) is 19.4 Å². The molecule has 0 saturated heterocycles. The molecule has 1 aromatic heterocycles. The van der Waals surface area contributed by atoms with Crippen LogP contribution in [0.15, 0.2) is 48.7 Å². The summed E-state index contributed by atoms with van der Waals surface area (Å²) in [6.07, 6.45) is 2.87. The summed E-state index contributed by atoms with van der Waals surface area (Å²) in [5.41, 5.74) is 2.66. The van der Waals surface area contributed by atoms with E-state index in [-0.39, 0.29) is 12.5 Å². The molecule has 5 heteroatoms. The van der Waals surface area contributed by atoms with Crippen molar-refractivity contribution < 1.29 is 13.6 Å². The molecule has 0 radical (unpaired) electrons. The monoisotopic (exact) mass is 314 g/mol. The third kappa shape index (κ3) is 3.56. The van der Waals surface area contributed by atoms with Gasteiger partial charge in [-0.3, -0.25) is 4.79 Å². The van der Waals surface area contributed by atoms with Gasteiger partial charge in [0, 0.05) is 30.1 Å². The van der Waals surface area contributed by atoms with Gasteiger partial charge in [0.25, 0.3) is 0 Å². The number of amides is 1. The Bertz CT molecular complexity index is 842. The van der Waals surface area contributed by atoms with Crippen LogP contribution in [-0.4, -0.2) is 10.9 Å². The van der Waals surface area contributed by atoms with Crippen LogP contribution in [0.25, 0.3) is 10.9 Å². The summed E-state index contributed by atoms with van der Waals surface area (Å²) in [4.78, 5) is 15.1. The zero-order chi connectivity index (χ0) is 16.2. The summed E-state index contributed by atoms with van der Waals surface area (Å²) in [5, 5.41) is 3.83. The topological polar surface area (TPSA) is 44.9 Å². The number of para-hydroxylation sites is 1. The molecule has 0 bridgehead atoms. The predicted molar refractivity (Wildman–Crippen MR) is 84.8 cm³/mol. The molecule has 3 nitrogen and oxygen atoms in total. The van der Waals surface area contributed by atoms with Crippen molar-refractivity contribution in [1.82, 2.24) is 10.3 Å². The molecular formula is C18H16F2N2O. The summed E-state index contributed by atoms with van der Waals surface area (Å²) in [6.45, 7) is 0.184. The van der Waals surface area contributed by atoms with E-state index in [4.69, 9.17) is 0 Å². The number of carbonyl (C=O) groups is 1. The summed E-state index contributed by atoms with van der Waals surface area (Å²) in [5.74, 6) is -1.92. The van der Waals surface area contributed by atoms with Gasteiger partial charge in [0.2, 0.25) is 5.91 Å². The highest BCUT2D eigenvalue weighted by Crippen LogP contribution is 2.18. The van der Waals surface area contributed by atoms with Crippen LogP contribution in [0.2, 0.25) is 0 Å². The van der Waals surface area contributed by atoms with Crippen LogP contribution in [0.1, 0.15) is 17.5 Å². The number of nitrogens with one attached hydrogen (secondary N) is 2. The number of halogens is 2. The van der Waals surface area contributed by atoms with E-state index in [9.17, 15) is 13.6 Å². The van der Waals surface area contributed by atoms with Crippen LogP contribution >= 0.6 is 0 Å². The van der Waals surface area contributed by atoms with E-state index in [0.717, 1.165) is 28.6 Å². The fraction of sp³-hybridized carbons (Fsp3) is 0.167. The second kappa shape index (κ2) is 6.60. The molecule has 0 aliphatic heterocycles. The van der Waals surface area contributed by atoms with Crippen molar-refractivity contribution >= 4 is 16.8 Å². The van der Waals surface area contributed by atoms with Crippen LogP contribution < -0.4 is 5.32 Å². The number of aromatic nitrogens is 1. The highest BCUT2D eigenvalue weighted by molar-refractivity contribution is 5.84. The third-order valence-corrected chi connectivity index (χ3v) is 3.77. The van der Waals surface area contributed by atoms with Gasteiger partial charge in [0.05, 0.1) is 0 Å². The van der Waals surface area contributed by atoms with Gasteiger partial charge in [0.1, 0.15) is 0 Å². The van der Waals surface area contributed by atoms with Gasteiger partial charge in [-0.25, -0.2) is 8.78 Å². The molecular weight excluding hydrogens is 298 g/mol. The number of benzene rings is 2. The average molecular weight is 314 g/mol. The highest BCUT2D eigenvalue weighted by Gasteiger charge is 2.07. The number of fused-ring (bicyclic) bond motifs is 1. The lowest BCUT2D eigenvalue weighted by atomic mass is 10.1. The molecule has 1 heterocycles. The van der Waals surface area contributed by atoms with E-state index in [0.29, 0.717) is 18.4 Å². The fourth-order valence-electron chi connectivity index (χ4n) is 2.53. The molecule has 0 saturated carbocycles. The number of rotatable bonds is 5. The smallest absolute Gasteiger partial charge is 0.220 e. The quantitative estimate of drug-likeness (QED) is 0.741. The summed E-state index contributed by atoms with van der Waals surface area (Å²) in [6, 6.07) is 11.5. The first-order valence-corrected chi connectivity index (χ1v) is 7.39. The fourth-order valence-corrected chi connectivity index (χ4v) is 2.53. The maximum Gasteiger partial charge on any atom is 0.220 e. The van der Waals surface area contributed by atoms with Gasteiger partial charge in [-0.15, -0.1) is 0 Å². The lowest BCUT2D eigenvalue weighted by Gasteiger charge is -2.06. The largest absolute Gasteiger partial charge is 0.361 e. The Morgan fingerprint density at radius 2 is 1.91 bits per heavy atom. The molecule has 23 heavy (non-hydrogen) atoms. The van der Waals surface area contributed by atoms with Crippen molar-refractivity contribution in [3.05, 3.63) is 71.4 Å². The molecule has 1 amide bonds. The van der Waals surface area contributed by atoms with Gasteiger partial charge in [-0.2, -0.15) is 0 Å². The Balaban J connectivity index is 1.54. The van der Waals surface area contributed by atoms with Crippen LogP contribution in [0, 0.1) is 11.6 Å². The third-order valence-electron chi connectivity index (χ3n) is 3.77. The second-order valence-electron chi connectivity index (χ2n) is 5.38. The molecule has 3 rings (SSSR count). The van der Waals surface area contributed by atoms with Gasteiger partial charge >= 0.3 is 0 Å². The van der Waals surface area contributed by atoms with Crippen molar-refractivity contribution in [3.8, 4) is 0 Å². The van der Waals surface area contributed by atoms with Crippen LogP contribution in [0.3, 0.4) is 0 Å². The Morgan fingerprint density at radius 3 is 2.74 bits per heavy atom. The summed E-state index contributed by atoms with van der Waals surface area (Å²) >= 11 is 0. The van der Waals surface area contributed by atoms with Crippen molar-refractivity contribution in [2.24, 2.45) is 0 Å². The van der Waals surface area contributed by atoms with E-state index in [1.165, 1.54) is 6.07 Å². The number of carbonyl (C=O) groups excluding carboxylic acids is 1. The molecule has 0 unspecified atom stereocenters. The van der Waals surface area contributed by atoms with Crippen LogP contribution in [0.4, 0.5) is 8.78 Å². The maximum atomic E-state index is 13.1. The zero-order valence-corrected chi connectivity index (χ0v) is 12.4. The number of aryl methyl sites for hydroxylation is 1. The second-order valence-corrected chi connectivity index (χ2v) is 5.38. The predicted octanol–water partition coefficient (Wildman–Crippen LogP) is 3.70. The van der Waals surface area contributed by atoms with E-state index in [1.54, 1.807) is 0 Å². The average Bonchev–Trinajstić information content (AvgIpc) is 2.97. The molecule has 2 N–H and O–H groups in total. The minimum Gasteiger partial charge on any atom is -0.361 e. The number of hydrogen-bond donors (Lipinski definition) is 2. The SMILES string of the molecule is O=C(CCc1c[nH]c2ccccc12)NCc1ccc(F)c(F)c1. The zero-order valence-electron chi connectivity index (χ0n) is 12.4. The van der Waals surface area contributed by atoms with Crippen molar-refractivity contribution in [1.29, 1.82) is 0 Å². The molecule has 2 aromatic carbocycles. The van der Waals surface area contributed by atoms with Gasteiger partial charge in [0.15, 0.2) is 11.6 Å². The number of hydrogen-bond acceptors (Lipinski definition) is 1. The van der Waals surface area contributed by atoms with E-state index >= 15 is 0 Å². The molecule has 0 atom stereocenters. The minimum absolute atomic E-state index is 0.125. The summed E-state index contributed by atoms with van der Waals surface area (Å²) in [7, 11) is 0. The van der Waals surface area contributed by atoms with Gasteiger partial charge in [-0.05, 0) is 35.7 Å². The van der Waals surface area contributed by atoms with Crippen molar-refractivity contribution in [3.63, 3.8) is 0 Å². The first kappa shape index (κ1) is 15.2. The molecule has 0 spiro atoms. The van der Waals surface area contributed by atoms with E-state index in [1.807, 2.05) is 30.5 Å². The Labute approximate surface area is 132 Å². The van der Waals surface area contributed by atoms with Gasteiger partial charge < -0.3 is 10.3 Å². The van der Waals surface area contributed by atoms with Crippen molar-refractivity contribution in [2.75, 3.05) is 0 Å². The molecule has 0 aliphatic rings. The molecule has 118 valence electrons. The standard InChI is InChI=1S/C18H16F2N2O/c19-15-7-5-12(9-16(15)20)10-22-18(23)8-6-13-11-21-17-4-2-1-3-14(13)17/h1-5,7,9,11,21H,6,8,10H2,(H,22,23). The summed E-state index contributed by atoms with van der Waals surface area (Å²) < 4.78 is 25.9. The first-order chi connectivity index (χ1) is 11.1. The Hall–Kier alpha value is -2.69. The van der Waals surface area contributed by atoms with Crippen LogP contribution in [0.5, 0.6) is 0 Å². The Morgan fingerprint density at radius 1 is 1.09 bits per heavy atom. The number of H-pyrrole nitrogens is 1. The lowest BCUT2D eigenvalue weighted by molar-refractivity contribution is -0.121. The van der Waals surface area contributed by atoms with Gasteiger partial charge in [-0.1, -0.05) is 24.3 Å². The molecule has 3 aromatic rings. The normalized spacial score (nSPS) is 10.9. The van der Waals surface area contributed by atoms with Crippen LogP contribution in [-0.2, 0) is 17.8 Å². The minimum atomic E-state index is -0.907. The molecule has 0 fully saturated rings. The molecule has 0 aliphatic carbocycles. The van der Waals surface area contributed by atoms with E-state index < -0.39 is 11.6 Å². The van der Waals surface area contributed by atoms with E-state index in [2.05, 4.69) is 10.3 Å². The lowest BCUT2D eigenvalue weighted by Crippen LogP contribution is -2.23. The maximum absolute atomic E-state index is 13.1. The first-order valence-electron chi connectivity index (χ1n) is 7.39. The number of aromatic amines is 1. The highest BCUT2D eigenvalue weighted by atomic mass is 19.2.